The lowest BCUT2D eigenvalue weighted by Crippen LogP contribution is -2.01. The van der Waals surface area contributed by atoms with Crippen molar-refractivity contribution in [2.75, 3.05) is 0 Å². The first-order valence-electron chi connectivity index (χ1n) is 16.3. The second-order valence-electron chi connectivity index (χ2n) is 12.2. The van der Waals surface area contributed by atoms with Gasteiger partial charge in [-0.05, 0) is 65.0 Å². The molecule has 0 bridgehead atoms. The summed E-state index contributed by atoms with van der Waals surface area (Å²) >= 11 is 0. The van der Waals surface area contributed by atoms with Crippen LogP contribution in [0.25, 0.3) is 82.1 Å². The maximum Gasteiger partial charge on any atom is 0.197 e. The summed E-state index contributed by atoms with van der Waals surface area (Å²) in [6.07, 6.45) is 0. The van der Waals surface area contributed by atoms with Gasteiger partial charge in [-0.25, -0.2) is 4.85 Å². The molecule has 7 aromatic carbocycles. The van der Waals surface area contributed by atoms with Crippen LogP contribution in [0.1, 0.15) is 11.1 Å². The summed E-state index contributed by atoms with van der Waals surface area (Å²) in [7, 11) is 0. The molecule has 0 saturated carbocycles. The lowest BCUT2D eigenvalue weighted by atomic mass is 9.90. The van der Waals surface area contributed by atoms with E-state index in [4.69, 9.17) is 6.57 Å². The van der Waals surface area contributed by atoms with E-state index < -0.39 is 0 Å². The zero-order valence-electron chi connectivity index (χ0n) is 26.7. The molecule has 0 radical (unpaired) electrons. The average Bonchev–Trinajstić information content (AvgIpc) is 3.70. The van der Waals surface area contributed by atoms with Crippen LogP contribution in [0.5, 0.6) is 0 Å². The number of nitriles is 2. The van der Waals surface area contributed by atoms with Gasteiger partial charge >= 0.3 is 0 Å². The molecule has 0 aliphatic rings. The number of aromatic nitrogens is 2. The van der Waals surface area contributed by atoms with Crippen LogP contribution in [0.15, 0.2) is 152 Å². The van der Waals surface area contributed by atoms with Crippen LogP contribution >= 0.6 is 0 Å². The predicted octanol–water partition coefficient (Wildman–Crippen LogP) is 11.5. The second-order valence-corrected chi connectivity index (χ2v) is 12.2. The molecule has 230 valence electrons. The summed E-state index contributed by atoms with van der Waals surface area (Å²) in [6, 6.07) is 55.5. The van der Waals surface area contributed by atoms with Gasteiger partial charge in [-0.1, -0.05) is 103 Å². The van der Waals surface area contributed by atoms with E-state index in [0.29, 0.717) is 16.8 Å². The number of hydrogen-bond donors (Lipinski definition) is 0. The fraction of sp³-hybridized carbons (Fsp3) is 0. The topological polar surface area (TPSA) is 61.8 Å². The minimum atomic E-state index is 0.558. The normalized spacial score (nSPS) is 11.1. The van der Waals surface area contributed by atoms with Gasteiger partial charge in [0.15, 0.2) is 5.69 Å². The molecule has 0 atom stereocenters. The van der Waals surface area contributed by atoms with E-state index in [0.717, 1.165) is 77.2 Å². The molecule has 5 nitrogen and oxygen atoms in total. The minimum absolute atomic E-state index is 0.558. The van der Waals surface area contributed by atoms with Crippen molar-refractivity contribution >= 4 is 49.3 Å². The Kier molecular flexibility index (Phi) is 6.56. The molecule has 0 amide bonds. The van der Waals surface area contributed by atoms with Gasteiger partial charge in [0.2, 0.25) is 0 Å². The van der Waals surface area contributed by atoms with E-state index in [1.54, 1.807) is 0 Å². The molecule has 0 spiro atoms. The molecule has 0 fully saturated rings. The molecule has 0 aliphatic carbocycles. The highest BCUT2D eigenvalue weighted by Gasteiger charge is 2.22. The number of hydrogen-bond acceptors (Lipinski definition) is 2. The maximum atomic E-state index is 10.9. The monoisotopic (exact) mass is 635 g/mol. The third kappa shape index (κ3) is 4.17. The van der Waals surface area contributed by atoms with Gasteiger partial charge in [0.25, 0.3) is 0 Å². The first-order valence-corrected chi connectivity index (χ1v) is 16.3. The van der Waals surface area contributed by atoms with Gasteiger partial charge in [-0.3, -0.25) is 0 Å². The zero-order chi connectivity index (χ0) is 33.8. The molecule has 0 unspecified atom stereocenters. The first kappa shape index (κ1) is 28.8. The van der Waals surface area contributed by atoms with Crippen LogP contribution in [0, 0.1) is 29.2 Å². The summed E-state index contributed by atoms with van der Waals surface area (Å²) in [6.45, 7) is 7.90. The van der Waals surface area contributed by atoms with Gasteiger partial charge in [-0.15, -0.1) is 0 Å². The van der Waals surface area contributed by atoms with Gasteiger partial charge < -0.3 is 9.13 Å². The summed E-state index contributed by atoms with van der Waals surface area (Å²) in [5.41, 5.74) is 11.2. The van der Waals surface area contributed by atoms with Gasteiger partial charge in [0.1, 0.15) is 6.07 Å². The van der Waals surface area contributed by atoms with Crippen LogP contribution in [-0.4, -0.2) is 9.13 Å². The predicted molar refractivity (Wildman–Crippen MR) is 202 cm³/mol. The van der Waals surface area contributed by atoms with E-state index in [2.05, 4.69) is 80.7 Å². The van der Waals surface area contributed by atoms with Crippen molar-refractivity contribution in [1.82, 2.24) is 9.13 Å². The third-order valence-corrected chi connectivity index (χ3v) is 9.65. The largest absolute Gasteiger partial charge is 0.310 e. The fourth-order valence-corrected chi connectivity index (χ4v) is 7.57. The molecule has 2 heterocycles. The number of para-hydroxylation sites is 3. The fourth-order valence-electron chi connectivity index (χ4n) is 7.57. The Morgan fingerprint density at radius 1 is 0.460 bits per heavy atom. The smallest absolute Gasteiger partial charge is 0.197 e. The van der Waals surface area contributed by atoms with Crippen molar-refractivity contribution in [2.45, 2.75) is 0 Å². The van der Waals surface area contributed by atoms with E-state index >= 15 is 0 Å². The summed E-state index contributed by atoms with van der Waals surface area (Å²) in [5.74, 6) is 0. The molecule has 9 rings (SSSR count). The van der Waals surface area contributed by atoms with Crippen LogP contribution in [-0.2, 0) is 0 Å². The van der Waals surface area contributed by atoms with E-state index in [1.165, 1.54) is 0 Å². The maximum absolute atomic E-state index is 10.9. The standard InChI is InChI=1S/C45H25N5/c1-48-38-18-11-23-44-45(38)35-16-6-9-21-41(35)50(44)39-19-7-4-14-33(39)31-13-3-2-12-30(31)32-17-10-22-42(37(32)28-47)49-40-20-8-5-15-34(40)36-26-29(27-46)24-25-43(36)49/h2-26H. The van der Waals surface area contributed by atoms with Crippen LogP contribution in [0.4, 0.5) is 5.69 Å². The number of rotatable bonds is 4. The Bertz CT molecular complexity index is 2970. The Labute approximate surface area is 288 Å². The van der Waals surface area contributed by atoms with E-state index in [1.807, 2.05) is 97.1 Å². The van der Waals surface area contributed by atoms with Gasteiger partial charge in [0, 0.05) is 32.8 Å². The van der Waals surface area contributed by atoms with E-state index in [9.17, 15) is 10.5 Å². The highest BCUT2D eigenvalue weighted by molar-refractivity contribution is 6.15. The Morgan fingerprint density at radius 3 is 1.78 bits per heavy atom. The molecular formula is C45H25N5. The third-order valence-electron chi connectivity index (χ3n) is 9.65. The van der Waals surface area contributed by atoms with Crippen molar-refractivity contribution in [3.05, 3.63) is 174 Å². The Morgan fingerprint density at radius 2 is 1.02 bits per heavy atom. The van der Waals surface area contributed by atoms with Gasteiger partial charge in [0.05, 0.1) is 51.7 Å². The highest BCUT2D eigenvalue weighted by atomic mass is 15.0. The molecular weight excluding hydrogens is 611 g/mol. The molecule has 50 heavy (non-hydrogen) atoms. The molecule has 0 aliphatic heterocycles. The van der Waals surface area contributed by atoms with Crippen molar-refractivity contribution in [1.29, 1.82) is 10.5 Å². The quantitative estimate of drug-likeness (QED) is 0.181. The number of nitrogens with zero attached hydrogens (tertiary/aromatic N) is 5. The number of benzene rings is 7. The Hall–Kier alpha value is -7.39. The molecule has 9 aromatic rings. The first-order chi connectivity index (χ1) is 24.7. The van der Waals surface area contributed by atoms with Crippen molar-refractivity contribution in [3.8, 4) is 45.8 Å². The van der Waals surface area contributed by atoms with Gasteiger partial charge in [-0.2, -0.15) is 10.5 Å². The Balaban J connectivity index is 1.30. The number of fused-ring (bicyclic) bond motifs is 6. The summed E-state index contributed by atoms with van der Waals surface area (Å²) in [4.78, 5) is 3.87. The van der Waals surface area contributed by atoms with Crippen LogP contribution < -0.4 is 0 Å². The highest BCUT2D eigenvalue weighted by Crippen LogP contribution is 2.43. The lowest BCUT2D eigenvalue weighted by molar-refractivity contribution is 1.17. The second kappa shape index (κ2) is 11.4. The van der Waals surface area contributed by atoms with Crippen molar-refractivity contribution in [3.63, 3.8) is 0 Å². The molecule has 5 heteroatoms. The van der Waals surface area contributed by atoms with Crippen LogP contribution in [0.2, 0.25) is 0 Å². The van der Waals surface area contributed by atoms with Crippen molar-refractivity contribution < 1.29 is 0 Å². The summed E-state index contributed by atoms with van der Waals surface area (Å²) < 4.78 is 4.39. The lowest BCUT2D eigenvalue weighted by Gasteiger charge is -2.19. The minimum Gasteiger partial charge on any atom is -0.310 e. The van der Waals surface area contributed by atoms with E-state index in [-0.39, 0.29) is 0 Å². The SMILES string of the molecule is [C-]#[N+]c1cccc2c1c1ccccc1n2-c1ccccc1-c1ccccc1-c1cccc(-n2c3ccccc3c3cc(C#N)ccc32)c1C#N. The summed E-state index contributed by atoms with van der Waals surface area (Å²) in [5, 5.41) is 24.5. The molecule has 0 N–H and O–H groups in total. The van der Waals surface area contributed by atoms with Crippen molar-refractivity contribution in [2.24, 2.45) is 0 Å². The van der Waals surface area contributed by atoms with Crippen LogP contribution in [0.3, 0.4) is 0 Å². The molecule has 2 aromatic heterocycles. The average molecular weight is 636 g/mol. The zero-order valence-corrected chi connectivity index (χ0v) is 26.7. The molecule has 0 saturated heterocycles.